The van der Waals surface area contributed by atoms with E-state index in [0.29, 0.717) is 6.92 Å². The SMILES string of the molecule is CC(F)(F)C(=O)OC1C2C3OC1(C)CC3OS2(=O)=O. The summed E-state index contributed by atoms with van der Waals surface area (Å²) >= 11 is 0. The lowest BCUT2D eigenvalue weighted by atomic mass is 9.85. The minimum absolute atomic E-state index is 0.195. The molecule has 3 fully saturated rings. The molecule has 0 amide bonds. The van der Waals surface area contributed by atoms with E-state index >= 15 is 0 Å². The summed E-state index contributed by atoms with van der Waals surface area (Å²) in [5.74, 6) is -5.44. The molecule has 5 unspecified atom stereocenters. The standard InChI is InChI=1S/C10H12F2O6S/c1-9-3-4-5(17-9)6(19(14,15)18-4)7(9)16-8(13)10(2,11)12/h4-7H,3H2,1-2H3. The Hall–Kier alpha value is -0.800. The van der Waals surface area contributed by atoms with Crippen molar-refractivity contribution in [1.82, 2.24) is 0 Å². The van der Waals surface area contributed by atoms with Crippen LogP contribution in [0.3, 0.4) is 0 Å². The molecule has 2 bridgehead atoms. The maximum atomic E-state index is 12.9. The summed E-state index contributed by atoms with van der Waals surface area (Å²) in [6.07, 6.45) is -2.43. The molecule has 0 saturated carbocycles. The van der Waals surface area contributed by atoms with Gasteiger partial charge in [-0.1, -0.05) is 0 Å². The second-order valence-electron chi connectivity index (χ2n) is 5.41. The van der Waals surface area contributed by atoms with E-state index in [1.165, 1.54) is 6.92 Å². The first-order valence-corrected chi connectivity index (χ1v) is 7.21. The van der Waals surface area contributed by atoms with Crippen LogP contribution >= 0.6 is 0 Å². The van der Waals surface area contributed by atoms with Crippen molar-refractivity contribution >= 4 is 16.1 Å². The van der Waals surface area contributed by atoms with E-state index in [0.717, 1.165) is 0 Å². The Kier molecular flexibility index (Phi) is 2.39. The number of esters is 1. The molecular formula is C10H12F2O6S. The van der Waals surface area contributed by atoms with Crippen molar-refractivity contribution in [2.24, 2.45) is 0 Å². The fraction of sp³-hybridized carbons (Fsp3) is 0.900. The predicted octanol–water partition coefficient (Wildman–Crippen LogP) is 0.212. The molecule has 0 aromatic rings. The van der Waals surface area contributed by atoms with Gasteiger partial charge in [-0.05, 0) is 6.92 Å². The van der Waals surface area contributed by atoms with Gasteiger partial charge in [0.05, 0.1) is 0 Å². The molecule has 0 aliphatic carbocycles. The predicted molar refractivity (Wildman–Crippen MR) is 56.0 cm³/mol. The van der Waals surface area contributed by atoms with Crippen LogP contribution < -0.4 is 0 Å². The van der Waals surface area contributed by atoms with Crippen molar-refractivity contribution in [2.75, 3.05) is 0 Å². The van der Waals surface area contributed by atoms with Gasteiger partial charge < -0.3 is 9.47 Å². The molecule has 3 saturated heterocycles. The van der Waals surface area contributed by atoms with Gasteiger partial charge in [0, 0.05) is 13.3 Å². The third-order valence-electron chi connectivity index (χ3n) is 3.79. The normalized spacial score (nSPS) is 46.5. The van der Waals surface area contributed by atoms with E-state index in [4.69, 9.17) is 13.7 Å². The van der Waals surface area contributed by atoms with E-state index in [2.05, 4.69) is 0 Å². The number of hydrogen-bond donors (Lipinski definition) is 0. The average Bonchev–Trinajstić information content (AvgIpc) is 2.71. The number of fused-ring (bicyclic) bond motifs is 1. The van der Waals surface area contributed by atoms with Gasteiger partial charge >= 0.3 is 11.9 Å². The second kappa shape index (κ2) is 3.44. The number of ether oxygens (including phenoxy) is 2. The van der Waals surface area contributed by atoms with E-state index in [9.17, 15) is 22.0 Å². The quantitative estimate of drug-likeness (QED) is 0.536. The van der Waals surface area contributed by atoms with E-state index < -0.39 is 51.2 Å². The lowest BCUT2D eigenvalue weighted by Gasteiger charge is -2.30. The number of carbonyl (C=O) groups is 1. The van der Waals surface area contributed by atoms with Gasteiger partial charge in [0.2, 0.25) is 0 Å². The van der Waals surface area contributed by atoms with Crippen molar-refractivity contribution < 1.29 is 35.6 Å². The van der Waals surface area contributed by atoms with Gasteiger partial charge in [0.1, 0.15) is 17.8 Å². The summed E-state index contributed by atoms with van der Waals surface area (Å²) in [4.78, 5) is 11.3. The fourth-order valence-corrected chi connectivity index (χ4v) is 4.84. The first-order chi connectivity index (χ1) is 8.55. The van der Waals surface area contributed by atoms with E-state index in [1.54, 1.807) is 0 Å². The van der Waals surface area contributed by atoms with Gasteiger partial charge in [-0.25, -0.2) is 4.79 Å². The smallest absolute Gasteiger partial charge is 0.377 e. The molecule has 0 N–H and O–H groups in total. The van der Waals surface area contributed by atoms with Crippen molar-refractivity contribution in [1.29, 1.82) is 0 Å². The Bertz CT molecular complexity index is 537. The Balaban J connectivity index is 1.92. The summed E-state index contributed by atoms with van der Waals surface area (Å²) in [6, 6.07) is 0. The van der Waals surface area contributed by atoms with Crippen LogP contribution in [0.5, 0.6) is 0 Å². The lowest BCUT2D eigenvalue weighted by molar-refractivity contribution is -0.181. The Morgan fingerprint density at radius 2 is 2.11 bits per heavy atom. The van der Waals surface area contributed by atoms with Crippen LogP contribution in [0.1, 0.15) is 20.3 Å². The second-order valence-corrected chi connectivity index (χ2v) is 7.13. The zero-order valence-corrected chi connectivity index (χ0v) is 10.9. The molecule has 3 aliphatic rings. The molecule has 9 heteroatoms. The maximum Gasteiger partial charge on any atom is 0.377 e. The van der Waals surface area contributed by atoms with Gasteiger partial charge in [0.15, 0.2) is 11.4 Å². The highest BCUT2D eigenvalue weighted by Crippen LogP contribution is 2.53. The van der Waals surface area contributed by atoms with E-state index in [1.807, 2.05) is 0 Å². The molecule has 3 rings (SSSR count). The lowest BCUT2D eigenvalue weighted by Crippen LogP contribution is -2.50. The minimum atomic E-state index is -3.96. The van der Waals surface area contributed by atoms with E-state index in [-0.39, 0.29) is 6.42 Å². The number of alkyl halides is 2. The molecule has 0 spiro atoms. The number of rotatable bonds is 2. The Labute approximate surface area is 108 Å². The molecule has 5 atom stereocenters. The van der Waals surface area contributed by atoms with Gasteiger partial charge in [0.25, 0.3) is 10.1 Å². The van der Waals surface area contributed by atoms with Crippen LogP contribution in [0.15, 0.2) is 0 Å². The number of carbonyl (C=O) groups excluding carboxylic acids is 1. The van der Waals surface area contributed by atoms with Gasteiger partial charge in [-0.15, -0.1) is 0 Å². The van der Waals surface area contributed by atoms with Crippen molar-refractivity contribution in [3.8, 4) is 0 Å². The maximum absolute atomic E-state index is 12.9. The molecule has 0 aromatic carbocycles. The van der Waals surface area contributed by atoms with Gasteiger partial charge in [-0.2, -0.15) is 17.2 Å². The molecule has 19 heavy (non-hydrogen) atoms. The van der Waals surface area contributed by atoms with Gasteiger partial charge in [-0.3, -0.25) is 4.18 Å². The highest BCUT2D eigenvalue weighted by Gasteiger charge is 2.73. The van der Waals surface area contributed by atoms with Crippen LogP contribution in [0.4, 0.5) is 8.78 Å². The monoisotopic (exact) mass is 298 g/mol. The molecular weight excluding hydrogens is 286 g/mol. The number of halogens is 2. The topological polar surface area (TPSA) is 78.9 Å². The number of hydrogen-bond acceptors (Lipinski definition) is 6. The van der Waals surface area contributed by atoms with Crippen LogP contribution in [-0.2, 0) is 28.6 Å². The van der Waals surface area contributed by atoms with Crippen molar-refractivity contribution in [3.05, 3.63) is 0 Å². The summed E-state index contributed by atoms with van der Waals surface area (Å²) in [5.41, 5.74) is -1.09. The van der Waals surface area contributed by atoms with Crippen molar-refractivity contribution in [2.45, 2.75) is 55.4 Å². The van der Waals surface area contributed by atoms with Crippen molar-refractivity contribution in [3.63, 3.8) is 0 Å². The average molecular weight is 298 g/mol. The zero-order valence-electron chi connectivity index (χ0n) is 10.1. The third kappa shape index (κ3) is 1.71. The molecule has 3 heterocycles. The van der Waals surface area contributed by atoms with Crippen LogP contribution in [0, 0.1) is 0 Å². The fourth-order valence-electron chi connectivity index (χ4n) is 2.98. The van der Waals surface area contributed by atoms with Crippen LogP contribution in [0.25, 0.3) is 0 Å². The molecule has 0 aromatic heterocycles. The molecule has 3 aliphatic heterocycles. The first-order valence-electron chi connectivity index (χ1n) is 5.73. The molecule has 0 radical (unpaired) electrons. The Morgan fingerprint density at radius 1 is 1.47 bits per heavy atom. The summed E-state index contributed by atoms with van der Waals surface area (Å²) in [5, 5.41) is -1.22. The third-order valence-corrected chi connectivity index (χ3v) is 5.48. The Morgan fingerprint density at radius 3 is 2.68 bits per heavy atom. The van der Waals surface area contributed by atoms with Crippen LogP contribution in [0.2, 0.25) is 0 Å². The summed E-state index contributed by atoms with van der Waals surface area (Å²) in [7, 11) is -3.96. The largest absolute Gasteiger partial charge is 0.453 e. The highest BCUT2D eigenvalue weighted by molar-refractivity contribution is 7.87. The molecule has 6 nitrogen and oxygen atoms in total. The summed E-state index contributed by atoms with van der Waals surface area (Å²) < 4.78 is 64.4. The zero-order chi connectivity index (χ0) is 14.2. The minimum Gasteiger partial charge on any atom is -0.453 e. The first kappa shape index (κ1) is 13.2. The highest BCUT2D eigenvalue weighted by atomic mass is 32.2. The summed E-state index contributed by atoms with van der Waals surface area (Å²) in [6.45, 7) is 1.93. The van der Waals surface area contributed by atoms with Crippen LogP contribution in [-0.4, -0.2) is 49.5 Å². The molecule has 108 valence electrons.